The molecule has 7 heteroatoms. The molecule has 1 aliphatic rings. The first-order valence-corrected chi connectivity index (χ1v) is 9.31. The summed E-state index contributed by atoms with van der Waals surface area (Å²) < 4.78 is 0. The van der Waals surface area contributed by atoms with Crippen LogP contribution in [0.4, 0.5) is 5.82 Å². The molecule has 0 aromatic carbocycles. The topological polar surface area (TPSA) is 87.2 Å². The van der Waals surface area contributed by atoms with Gasteiger partial charge in [-0.3, -0.25) is 14.6 Å². The lowest BCUT2D eigenvalue weighted by atomic mass is 10.1. The fourth-order valence-corrected chi connectivity index (χ4v) is 3.06. The molecule has 2 aromatic heterocycles. The van der Waals surface area contributed by atoms with Gasteiger partial charge in [0, 0.05) is 37.2 Å². The van der Waals surface area contributed by atoms with Crippen LogP contribution in [0.25, 0.3) is 0 Å². The molecule has 0 atom stereocenters. The number of nitrogens with zero attached hydrogens (tertiary/aromatic N) is 3. The highest BCUT2D eigenvalue weighted by Crippen LogP contribution is 2.11. The van der Waals surface area contributed by atoms with E-state index < -0.39 is 0 Å². The second-order valence-electron chi connectivity index (χ2n) is 6.61. The zero-order valence-electron chi connectivity index (χ0n) is 15.6. The SMILES string of the molecule is Cc1ncccc1C(=O)N1CCCc2cccc(n2)NCCCNC(=O)C1. The number of nitrogens with one attached hydrogen (secondary N) is 2. The molecule has 3 rings (SSSR count). The van der Waals surface area contributed by atoms with Gasteiger partial charge in [-0.15, -0.1) is 0 Å². The Balaban J connectivity index is 1.77. The number of pyridine rings is 2. The average molecular weight is 367 g/mol. The van der Waals surface area contributed by atoms with E-state index in [-0.39, 0.29) is 18.4 Å². The van der Waals surface area contributed by atoms with Crippen molar-refractivity contribution in [1.29, 1.82) is 0 Å². The highest BCUT2D eigenvalue weighted by atomic mass is 16.2. The molecule has 27 heavy (non-hydrogen) atoms. The number of rotatable bonds is 1. The Labute approximate surface area is 159 Å². The molecule has 2 bridgehead atoms. The van der Waals surface area contributed by atoms with E-state index >= 15 is 0 Å². The largest absolute Gasteiger partial charge is 0.370 e. The summed E-state index contributed by atoms with van der Waals surface area (Å²) in [4.78, 5) is 35.7. The van der Waals surface area contributed by atoms with Crippen molar-refractivity contribution in [3.63, 3.8) is 0 Å². The molecule has 3 heterocycles. The van der Waals surface area contributed by atoms with Gasteiger partial charge >= 0.3 is 0 Å². The zero-order valence-corrected chi connectivity index (χ0v) is 15.6. The number of carbonyl (C=O) groups is 2. The van der Waals surface area contributed by atoms with Crippen LogP contribution in [0.2, 0.25) is 0 Å². The second kappa shape index (κ2) is 9.12. The number of anilines is 1. The number of fused-ring (bicyclic) bond motifs is 2. The van der Waals surface area contributed by atoms with Gasteiger partial charge in [0.25, 0.3) is 5.91 Å². The van der Waals surface area contributed by atoms with Crippen molar-refractivity contribution in [3.05, 3.63) is 53.5 Å². The van der Waals surface area contributed by atoms with Crippen LogP contribution in [0.5, 0.6) is 0 Å². The zero-order chi connectivity index (χ0) is 19.1. The third-order valence-electron chi connectivity index (χ3n) is 4.51. The summed E-state index contributed by atoms with van der Waals surface area (Å²) in [5.74, 6) is 0.541. The van der Waals surface area contributed by atoms with Crippen molar-refractivity contribution in [2.45, 2.75) is 26.2 Å². The van der Waals surface area contributed by atoms with Crippen molar-refractivity contribution in [2.75, 3.05) is 31.5 Å². The summed E-state index contributed by atoms with van der Waals surface area (Å²) in [5, 5.41) is 6.16. The number of carbonyl (C=O) groups excluding carboxylic acids is 2. The molecule has 0 saturated heterocycles. The van der Waals surface area contributed by atoms with Gasteiger partial charge in [0.2, 0.25) is 5.91 Å². The maximum atomic E-state index is 13.0. The van der Waals surface area contributed by atoms with Gasteiger partial charge in [0.1, 0.15) is 5.82 Å². The highest BCUT2D eigenvalue weighted by molar-refractivity contribution is 5.97. The Morgan fingerprint density at radius 1 is 1.11 bits per heavy atom. The molecule has 0 aliphatic carbocycles. The van der Waals surface area contributed by atoms with Crippen molar-refractivity contribution in [1.82, 2.24) is 20.2 Å². The van der Waals surface area contributed by atoms with Gasteiger partial charge in [-0.25, -0.2) is 4.98 Å². The minimum atomic E-state index is -0.161. The van der Waals surface area contributed by atoms with Crippen molar-refractivity contribution in [3.8, 4) is 0 Å². The first-order chi connectivity index (χ1) is 13.1. The van der Waals surface area contributed by atoms with E-state index in [9.17, 15) is 9.59 Å². The average Bonchev–Trinajstić information content (AvgIpc) is 2.66. The number of amides is 2. The van der Waals surface area contributed by atoms with E-state index in [1.54, 1.807) is 30.2 Å². The third kappa shape index (κ3) is 5.26. The second-order valence-corrected chi connectivity index (χ2v) is 6.61. The molecule has 7 nitrogen and oxygen atoms in total. The Bertz CT molecular complexity index is 808. The van der Waals surface area contributed by atoms with Crippen LogP contribution in [0, 0.1) is 6.92 Å². The van der Waals surface area contributed by atoms with E-state index in [0.29, 0.717) is 24.3 Å². The van der Waals surface area contributed by atoms with Crippen molar-refractivity contribution >= 4 is 17.6 Å². The van der Waals surface area contributed by atoms with Crippen LogP contribution in [-0.2, 0) is 11.2 Å². The van der Waals surface area contributed by atoms with Crippen molar-refractivity contribution < 1.29 is 9.59 Å². The molecule has 0 radical (unpaired) electrons. The minimum Gasteiger partial charge on any atom is -0.370 e. The Morgan fingerprint density at radius 3 is 2.81 bits per heavy atom. The van der Waals surface area contributed by atoms with E-state index in [2.05, 4.69) is 20.6 Å². The smallest absolute Gasteiger partial charge is 0.256 e. The van der Waals surface area contributed by atoms with Crippen LogP contribution in [0.15, 0.2) is 36.5 Å². The lowest BCUT2D eigenvalue weighted by molar-refractivity contribution is -0.121. The molecule has 1 aliphatic heterocycles. The van der Waals surface area contributed by atoms with E-state index in [1.165, 1.54) is 0 Å². The van der Waals surface area contributed by atoms with Gasteiger partial charge < -0.3 is 15.5 Å². The maximum absolute atomic E-state index is 13.0. The lowest BCUT2D eigenvalue weighted by Crippen LogP contribution is -2.42. The Kier molecular flexibility index (Phi) is 6.35. The van der Waals surface area contributed by atoms with Gasteiger partial charge in [-0.1, -0.05) is 6.07 Å². The monoisotopic (exact) mass is 367 g/mol. The van der Waals surface area contributed by atoms with Crippen LogP contribution in [0.1, 0.15) is 34.6 Å². The van der Waals surface area contributed by atoms with Gasteiger partial charge in [0.15, 0.2) is 0 Å². The first-order valence-electron chi connectivity index (χ1n) is 9.31. The number of hydrogen-bond acceptors (Lipinski definition) is 5. The van der Waals surface area contributed by atoms with Crippen LogP contribution >= 0.6 is 0 Å². The van der Waals surface area contributed by atoms with E-state index in [1.807, 2.05) is 18.2 Å². The number of hydrogen-bond donors (Lipinski definition) is 2. The summed E-state index contributed by atoms with van der Waals surface area (Å²) >= 11 is 0. The molecule has 142 valence electrons. The first kappa shape index (κ1) is 18.8. The van der Waals surface area contributed by atoms with E-state index in [0.717, 1.165) is 37.3 Å². The molecular formula is C20H25N5O2. The molecule has 2 amide bonds. The summed E-state index contributed by atoms with van der Waals surface area (Å²) in [5.41, 5.74) is 2.19. The Morgan fingerprint density at radius 2 is 1.96 bits per heavy atom. The summed E-state index contributed by atoms with van der Waals surface area (Å²) in [6.45, 7) is 3.63. The quantitative estimate of drug-likeness (QED) is 0.802. The minimum absolute atomic E-state index is 0.0497. The van der Waals surface area contributed by atoms with Gasteiger partial charge in [-0.2, -0.15) is 0 Å². The van der Waals surface area contributed by atoms with Crippen LogP contribution in [0.3, 0.4) is 0 Å². The molecule has 0 saturated carbocycles. The summed E-state index contributed by atoms with van der Waals surface area (Å²) in [6, 6.07) is 9.41. The molecule has 0 spiro atoms. The fraction of sp³-hybridized carbons (Fsp3) is 0.400. The fourth-order valence-electron chi connectivity index (χ4n) is 3.06. The highest BCUT2D eigenvalue weighted by Gasteiger charge is 2.20. The predicted molar refractivity (Wildman–Crippen MR) is 104 cm³/mol. The summed E-state index contributed by atoms with van der Waals surface area (Å²) in [7, 11) is 0. The molecule has 0 fully saturated rings. The van der Waals surface area contributed by atoms with Gasteiger partial charge in [0.05, 0.1) is 12.1 Å². The van der Waals surface area contributed by atoms with Gasteiger partial charge in [-0.05, 0) is 50.5 Å². The molecule has 2 N–H and O–H groups in total. The molecular weight excluding hydrogens is 342 g/mol. The third-order valence-corrected chi connectivity index (χ3v) is 4.51. The lowest BCUT2D eigenvalue weighted by Gasteiger charge is -2.23. The standard InChI is InChI=1S/C20H25N5O2/c1-15-17(8-3-10-21-15)20(27)25-13-4-7-16-6-2-9-18(24-16)22-11-5-12-23-19(26)14-25/h2-3,6,8-10H,4-5,7,11-14H2,1H3,(H,22,24)(H,23,26). The predicted octanol–water partition coefficient (Wildman–Crippen LogP) is 1.79. The molecule has 2 aromatic rings. The molecule has 0 unspecified atom stereocenters. The maximum Gasteiger partial charge on any atom is 0.256 e. The van der Waals surface area contributed by atoms with E-state index in [4.69, 9.17) is 0 Å². The van der Waals surface area contributed by atoms with Crippen LogP contribution < -0.4 is 10.6 Å². The number of aromatic nitrogens is 2. The van der Waals surface area contributed by atoms with Crippen molar-refractivity contribution in [2.24, 2.45) is 0 Å². The normalized spacial score (nSPS) is 16.0. The number of aryl methyl sites for hydroxylation is 2. The Hall–Kier alpha value is -2.96. The summed E-state index contributed by atoms with van der Waals surface area (Å²) in [6.07, 6.45) is 3.92. The van der Waals surface area contributed by atoms with Crippen LogP contribution in [-0.4, -0.2) is 52.9 Å².